The van der Waals surface area contributed by atoms with E-state index in [2.05, 4.69) is 15.3 Å². The van der Waals surface area contributed by atoms with Crippen molar-refractivity contribution in [1.29, 1.82) is 0 Å². The molecule has 0 bridgehead atoms. The first kappa shape index (κ1) is 20.1. The number of amides is 1. The van der Waals surface area contributed by atoms with Gasteiger partial charge in [0.2, 0.25) is 0 Å². The highest BCUT2D eigenvalue weighted by molar-refractivity contribution is 5.98. The normalized spacial score (nSPS) is 10.8. The summed E-state index contributed by atoms with van der Waals surface area (Å²) in [5, 5.41) is 8.29. The number of halogens is 2. The van der Waals surface area contributed by atoms with Crippen molar-refractivity contribution in [3.63, 3.8) is 0 Å². The zero-order valence-corrected chi connectivity index (χ0v) is 16.3. The molecule has 1 amide bonds. The second-order valence-corrected chi connectivity index (χ2v) is 6.84. The molecule has 2 aromatic carbocycles. The second-order valence-electron chi connectivity index (χ2n) is 6.84. The Bertz CT molecular complexity index is 1210. The van der Waals surface area contributed by atoms with Gasteiger partial charge in [-0.1, -0.05) is 23.4 Å². The summed E-state index contributed by atoms with van der Waals surface area (Å²) in [6.07, 6.45) is 3.25. The van der Waals surface area contributed by atoms with Crippen LogP contribution in [0.2, 0.25) is 0 Å². The number of carbonyl (C=O) groups excluding carboxylic acids is 1. The number of benzene rings is 2. The van der Waals surface area contributed by atoms with Gasteiger partial charge in [-0.2, -0.15) is 0 Å². The van der Waals surface area contributed by atoms with E-state index in [0.29, 0.717) is 17.9 Å². The molecule has 0 fully saturated rings. The van der Waals surface area contributed by atoms with E-state index in [9.17, 15) is 13.6 Å². The molecule has 0 spiro atoms. The quantitative estimate of drug-likeness (QED) is 0.495. The Kier molecular flexibility index (Phi) is 5.65. The lowest BCUT2D eigenvalue weighted by atomic mass is 10.2. The molecule has 0 aliphatic heterocycles. The van der Waals surface area contributed by atoms with E-state index in [1.807, 2.05) is 0 Å². The fourth-order valence-electron chi connectivity index (χ4n) is 3.16. The van der Waals surface area contributed by atoms with Gasteiger partial charge in [0.05, 0.1) is 24.8 Å². The van der Waals surface area contributed by atoms with Crippen LogP contribution in [0.1, 0.15) is 21.6 Å². The smallest absolute Gasteiger partial charge is 0.252 e. The minimum Gasteiger partial charge on any atom is -0.365 e. The molecule has 31 heavy (non-hydrogen) atoms. The van der Waals surface area contributed by atoms with Gasteiger partial charge in [0.1, 0.15) is 23.1 Å². The average Bonchev–Trinajstić information content (AvgIpc) is 3.20. The molecule has 2 N–H and O–H groups in total. The molecule has 4 rings (SSSR count). The van der Waals surface area contributed by atoms with E-state index in [-0.39, 0.29) is 23.7 Å². The van der Waals surface area contributed by atoms with Gasteiger partial charge in [-0.15, -0.1) is 5.10 Å². The van der Waals surface area contributed by atoms with Crippen molar-refractivity contribution < 1.29 is 13.6 Å². The Morgan fingerprint density at radius 1 is 1.03 bits per heavy atom. The first-order valence-electron chi connectivity index (χ1n) is 9.41. The zero-order valence-electron chi connectivity index (χ0n) is 16.3. The SMILES string of the molecule is NC(=O)c1cccnc1N(Cc1cn(Cc2ccc(F)cc2)nn1)c1cccc(F)c1. The van der Waals surface area contributed by atoms with E-state index in [1.165, 1.54) is 30.5 Å². The average molecular weight is 420 g/mol. The number of aromatic nitrogens is 4. The molecule has 2 aromatic heterocycles. The van der Waals surface area contributed by atoms with E-state index in [0.717, 1.165) is 5.56 Å². The first-order valence-corrected chi connectivity index (χ1v) is 9.41. The molecule has 0 saturated heterocycles. The zero-order chi connectivity index (χ0) is 21.8. The van der Waals surface area contributed by atoms with Gasteiger partial charge in [-0.3, -0.25) is 4.79 Å². The molecule has 9 heteroatoms. The van der Waals surface area contributed by atoms with Crippen molar-refractivity contribution in [3.8, 4) is 0 Å². The monoisotopic (exact) mass is 420 g/mol. The predicted molar refractivity (Wildman–Crippen MR) is 111 cm³/mol. The van der Waals surface area contributed by atoms with E-state index in [1.54, 1.807) is 52.2 Å². The highest BCUT2D eigenvalue weighted by Crippen LogP contribution is 2.28. The van der Waals surface area contributed by atoms with Crippen LogP contribution < -0.4 is 10.6 Å². The molecule has 0 aliphatic rings. The maximum atomic E-state index is 13.9. The lowest BCUT2D eigenvalue weighted by Gasteiger charge is -2.24. The molecule has 0 aliphatic carbocycles. The maximum absolute atomic E-state index is 13.9. The van der Waals surface area contributed by atoms with Gasteiger partial charge in [0.25, 0.3) is 5.91 Å². The van der Waals surface area contributed by atoms with Crippen LogP contribution in [-0.4, -0.2) is 25.9 Å². The van der Waals surface area contributed by atoms with Crippen molar-refractivity contribution in [2.24, 2.45) is 5.73 Å². The van der Waals surface area contributed by atoms with Crippen LogP contribution in [0.25, 0.3) is 0 Å². The highest BCUT2D eigenvalue weighted by Gasteiger charge is 2.20. The van der Waals surface area contributed by atoms with Crippen molar-refractivity contribution >= 4 is 17.4 Å². The molecule has 0 saturated carbocycles. The van der Waals surface area contributed by atoms with Crippen LogP contribution >= 0.6 is 0 Å². The Morgan fingerprint density at radius 2 is 1.84 bits per heavy atom. The standard InChI is InChI=1S/C22H18F2N6O/c23-16-8-6-15(7-9-16)12-29-13-18(27-28-29)14-30(19-4-1-3-17(24)11-19)22-20(21(25)31)5-2-10-26-22/h1-11,13H,12,14H2,(H2,25,31). The van der Waals surface area contributed by atoms with Gasteiger partial charge < -0.3 is 10.6 Å². The van der Waals surface area contributed by atoms with Gasteiger partial charge >= 0.3 is 0 Å². The maximum Gasteiger partial charge on any atom is 0.252 e. The van der Waals surface area contributed by atoms with Crippen LogP contribution in [0.4, 0.5) is 20.3 Å². The largest absolute Gasteiger partial charge is 0.365 e. The number of nitrogens with zero attached hydrogens (tertiary/aromatic N) is 5. The number of carbonyl (C=O) groups is 1. The Labute approximate surface area is 176 Å². The molecule has 0 radical (unpaired) electrons. The van der Waals surface area contributed by atoms with Crippen molar-refractivity contribution in [2.75, 3.05) is 4.90 Å². The molecular weight excluding hydrogens is 402 g/mol. The van der Waals surface area contributed by atoms with Crippen LogP contribution in [0.3, 0.4) is 0 Å². The lowest BCUT2D eigenvalue weighted by Crippen LogP contribution is -2.23. The number of anilines is 2. The van der Waals surface area contributed by atoms with E-state index < -0.39 is 11.7 Å². The summed E-state index contributed by atoms with van der Waals surface area (Å²) in [5.74, 6) is -1.11. The number of hydrogen-bond donors (Lipinski definition) is 1. The van der Waals surface area contributed by atoms with E-state index >= 15 is 0 Å². The number of hydrogen-bond acceptors (Lipinski definition) is 5. The molecule has 7 nitrogen and oxygen atoms in total. The third-order valence-electron chi connectivity index (χ3n) is 4.59. The Hall–Kier alpha value is -4.14. The van der Waals surface area contributed by atoms with Gasteiger partial charge in [-0.25, -0.2) is 18.4 Å². The predicted octanol–water partition coefficient (Wildman–Crippen LogP) is 3.44. The number of primary amides is 1. The van der Waals surface area contributed by atoms with Crippen LogP contribution in [0.15, 0.2) is 73.1 Å². The molecule has 0 unspecified atom stereocenters. The van der Waals surface area contributed by atoms with Gasteiger partial charge in [0.15, 0.2) is 0 Å². The van der Waals surface area contributed by atoms with Crippen LogP contribution in [-0.2, 0) is 13.1 Å². The van der Waals surface area contributed by atoms with Crippen LogP contribution in [0, 0.1) is 11.6 Å². The van der Waals surface area contributed by atoms with Crippen molar-refractivity contribution in [1.82, 2.24) is 20.0 Å². The second kappa shape index (κ2) is 8.70. The summed E-state index contributed by atoms with van der Waals surface area (Å²) >= 11 is 0. The topological polar surface area (TPSA) is 89.9 Å². The summed E-state index contributed by atoms with van der Waals surface area (Å²) in [5.41, 5.74) is 7.62. The summed E-state index contributed by atoms with van der Waals surface area (Å²) in [7, 11) is 0. The van der Waals surface area contributed by atoms with Gasteiger partial charge in [-0.05, 0) is 48.0 Å². The van der Waals surface area contributed by atoms with Crippen molar-refractivity contribution in [2.45, 2.75) is 13.1 Å². The molecule has 4 aromatic rings. The van der Waals surface area contributed by atoms with Crippen LogP contribution in [0.5, 0.6) is 0 Å². The third kappa shape index (κ3) is 4.72. The summed E-state index contributed by atoms with van der Waals surface area (Å²) < 4.78 is 28.6. The minimum atomic E-state index is -0.649. The first-order chi connectivity index (χ1) is 15.0. The number of nitrogens with two attached hydrogens (primary N) is 1. The molecule has 156 valence electrons. The number of rotatable bonds is 7. The molecule has 2 heterocycles. The molecular formula is C22H18F2N6O. The third-order valence-corrected chi connectivity index (χ3v) is 4.59. The minimum absolute atomic E-state index is 0.171. The fraction of sp³-hybridized carbons (Fsp3) is 0.0909. The molecule has 0 atom stereocenters. The number of pyridine rings is 1. The van der Waals surface area contributed by atoms with Gasteiger partial charge in [0, 0.05) is 11.9 Å². The lowest BCUT2D eigenvalue weighted by molar-refractivity contribution is 0.100. The Balaban J connectivity index is 1.65. The summed E-state index contributed by atoms with van der Waals surface area (Å²) in [6.45, 7) is 0.577. The fourth-order valence-corrected chi connectivity index (χ4v) is 3.16. The van der Waals surface area contributed by atoms with Crippen molar-refractivity contribution in [3.05, 3.63) is 102 Å². The highest BCUT2D eigenvalue weighted by atomic mass is 19.1. The summed E-state index contributed by atoms with van der Waals surface area (Å²) in [6, 6.07) is 15.2. The van der Waals surface area contributed by atoms with E-state index in [4.69, 9.17) is 5.73 Å². The summed E-state index contributed by atoms with van der Waals surface area (Å²) in [4.78, 5) is 17.9. The Morgan fingerprint density at radius 3 is 2.58 bits per heavy atom.